The molecule has 1 heterocycles. The van der Waals surface area contributed by atoms with Crippen molar-refractivity contribution >= 4 is 5.57 Å². The molecular weight excluding hydrogens is 240 g/mol. The zero-order valence-corrected chi connectivity index (χ0v) is 10.6. The maximum atomic E-state index is 9.37. The molecule has 1 aliphatic heterocycles. The second kappa shape index (κ2) is 4.35. The third-order valence-corrected chi connectivity index (χ3v) is 3.15. The first kappa shape index (κ1) is 11.7. The quantitative estimate of drug-likeness (QED) is 0.885. The summed E-state index contributed by atoms with van der Waals surface area (Å²) < 4.78 is 10.8. The Morgan fingerprint density at radius 1 is 1.11 bits per heavy atom. The highest BCUT2D eigenvalue weighted by atomic mass is 16.7. The van der Waals surface area contributed by atoms with Crippen LogP contribution >= 0.6 is 0 Å². The molecule has 0 aliphatic carbocycles. The maximum Gasteiger partial charge on any atom is 0.231 e. The highest BCUT2D eigenvalue weighted by Gasteiger charge is 2.18. The van der Waals surface area contributed by atoms with E-state index in [1.165, 1.54) is 0 Å². The average molecular weight is 254 g/mol. The molecule has 96 valence electrons. The second-order valence-electron chi connectivity index (χ2n) is 4.58. The molecule has 0 atom stereocenters. The lowest BCUT2D eigenvalue weighted by atomic mass is 9.95. The lowest BCUT2D eigenvalue weighted by Gasteiger charge is -2.11. The van der Waals surface area contributed by atoms with Crippen LogP contribution < -0.4 is 9.47 Å². The van der Waals surface area contributed by atoms with Crippen LogP contribution in [0.2, 0.25) is 0 Å². The lowest BCUT2D eigenvalue weighted by molar-refractivity contribution is 0.174. The summed E-state index contributed by atoms with van der Waals surface area (Å²) in [5, 5.41) is 9.37. The third-order valence-electron chi connectivity index (χ3n) is 3.15. The van der Waals surface area contributed by atoms with Gasteiger partial charge in [-0.2, -0.15) is 0 Å². The molecule has 0 bridgehead atoms. The van der Waals surface area contributed by atoms with Crippen molar-refractivity contribution in [3.63, 3.8) is 0 Å². The standard InChI is InChI=1S/C16H14O3/c1-10(2)13-7-15-16(19-9-18-15)8-14(13)11-3-5-12(17)6-4-11/h3-8,17H,1,9H2,2H3. The summed E-state index contributed by atoms with van der Waals surface area (Å²) in [5.74, 6) is 1.75. The minimum absolute atomic E-state index is 0.251. The SMILES string of the molecule is C=C(C)c1cc2c(cc1-c1ccc(O)cc1)OCO2. The van der Waals surface area contributed by atoms with Crippen molar-refractivity contribution in [2.45, 2.75) is 6.92 Å². The van der Waals surface area contributed by atoms with Gasteiger partial charge in [-0.3, -0.25) is 0 Å². The molecule has 3 nitrogen and oxygen atoms in total. The van der Waals surface area contributed by atoms with Gasteiger partial charge in [0.1, 0.15) is 5.75 Å². The van der Waals surface area contributed by atoms with Crippen molar-refractivity contribution in [3.05, 3.63) is 48.5 Å². The van der Waals surface area contributed by atoms with Gasteiger partial charge in [0.05, 0.1) is 0 Å². The average Bonchev–Trinajstić information content (AvgIpc) is 2.85. The molecule has 0 saturated carbocycles. The van der Waals surface area contributed by atoms with Gasteiger partial charge in [-0.1, -0.05) is 24.3 Å². The van der Waals surface area contributed by atoms with Gasteiger partial charge < -0.3 is 14.6 Å². The van der Waals surface area contributed by atoms with Gasteiger partial charge in [0.2, 0.25) is 6.79 Å². The van der Waals surface area contributed by atoms with E-state index in [1.807, 2.05) is 31.2 Å². The van der Waals surface area contributed by atoms with Crippen LogP contribution in [0.3, 0.4) is 0 Å². The minimum Gasteiger partial charge on any atom is -0.508 e. The normalized spacial score (nSPS) is 12.5. The highest BCUT2D eigenvalue weighted by molar-refractivity contribution is 5.82. The summed E-state index contributed by atoms with van der Waals surface area (Å²) in [5.41, 5.74) is 4.02. The van der Waals surface area contributed by atoms with E-state index in [1.54, 1.807) is 12.1 Å². The molecular formula is C16H14O3. The molecule has 0 spiro atoms. The smallest absolute Gasteiger partial charge is 0.231 e. The topological polar surface area (TPSA) is 38.7 Å². The van der Waals surface area contributed by atoms with Crippen molar-refractivity contribution < 1.29 is 14.6 Å². The molecule has 2 aromatic carbocycles. The Kier molecular flexibility index (Phi) is 2.67. The Hall–Kier alpha value is -2.42. The molecule has 0 aromatic heterocycles. The zero-order valence-electron chi connectivity index (χ0n) is 10.6. The number of hydrogen-bond donors (Lipinski definition) is 1. The number of hydrogen-bond acceptors (Lipinski definition) is 3. The van der Waals surface area contributed by atoms with Crippen LogP contribution in [0.4, 0.5) is 0 Å². The molecule has 0 fully saturated rings. The number of phenolic OH excluding ortho intramolecular Hbond substituents is 1. The fourth-order valence-corrected chi connectivity index (χ4v) is 2.17. The number of ether oxygens (including phenoxy) is 2. The summed E-state index contributed by atoms with van der Waals surface area (Å²) in [6.07, 6.45) is 0. The zero-order chi connectivity index (χ0) is 13.4. The molecule has 0 amide bonds. The molecule has 3 rings (SSSR count). The Balaban J connectivity index is 2.19. The molecule has 0 saturated heterocycles. The van der Waals surface area contributed by atoms with Crippen LogP contribution in [0.5, 0.6) is 17.2 Å². The van der Waals surface area contributed by atoms with Gasteiger partial charge in [-0.25, -0.2) is 0 Å². The van der Waals surface area contributed by atoms with Gasteiger partial charge in [-0.15, -0.1) is 0 Å². The van der Waals surface area contributed by atoms with Gasteiger partial charge >= 0.3 is 0 Å². The van der Waals surface area contributed by atoms with Crippen LogP contribution in [-0.2, 0) is 0 Å². The van der Waals surface area contributed by atoms with E-state index in [0.29, 0.717) is 0 Å². The Morgan fingerprint density at radius 3 is 2.37 bits per heavy atom. The van der Waals surface area contributed by atoms with Crippen LogP contribution in [0.15, 0.2) is 43.0 Å². The Bertz CT molecular complexity index is 642. The van der Waals surface area contributed by atoms with Crippen LogP contribution in [0, 0.1) is 0 Å². The number of aromatic hydroxyl groups is 1. The molecule has 3 heteroatoms. The minimum atomic E-state index is 0.251. The van der Waals surface area contributed by atoms with Gasteiger partial charge in [-0.05, 0) is 47.9 Å². The summed E-state index contributed by atoms with van der Waals surface area (Å²) >= 11 is 0. The predicted molar refractivity (Wildman–Crippen MR) is 74.4 cm³/mol. The number of fused-ring (bicyclic) bond motifs is 1. The van der Waals surface area contributed by atoms with Gasteiger partial charge in [0, 0.05) is 0 Å². The van der Waals surface area contributed by atoms with Gasteiger partial charge in [0.25, 0.3) is 0 Å². The van der Waals surface area contributed by atoms with E-state index < -0.39 is 0 Å². The van der Waals surface area contributed by atoms with Gasteiger partial charge in [0.15, 0.2) is 11.5 Å². The monoisotopic (exact) mass is 254 g/mol. The number of benzene rings is 2. The summed E-state index contributed by atoms with van der Waals surface area (Å²) in [4.78, 5) is 0. The van der Waals surface area contributed by atoms with E-state index in [4.69, 9.17) is 9.47 Å². The van der Waals surface area contributed by atoms with E-state index in [2.05, 4.69) is 6.58 Å². The van der Waals surface area contributed by atoms with E-state index in [9.17, 15) is 5.11 Å². The predicted octanol–water partition coefficient (Wildman–Crippen LogP) is 3.82. The fourth-order valence-electron chi connectivity index (χ4n) is 2.17. The Labute approximate surface area is 111 Å². The fraction of sp³-hybridized carbons (Fsp3) is 0.125. The summed E-state index contributed by atoms with van der Waals surface area (Å²) in [7, 11) is 0. The van der Waals surface area contributed by atoms with E-state index >= 15 is 0 Å². The van der Waals surface area contributed by atoms with Crippen molar-refractivity contribution in [2.24, 2.45) is 0 Å². The maximum absolute atomic E-state index is 9.37. The first-order valence-corrected chi connectivity index (χ1v) is 6.04. The second-order valence-corrected chi connectivity index (χ2v) is 4.58. The van der Waals surface area contributed by atoms with Crippen LogP contribution in [0.1, 0.15) is 12.5 Å². The molecule has 19 heavy (non-hydrogen) atoms. The van der Waals surface area contributed by atoms with Crippen LogP contribution in [0.25, 0.3) is 16.7 Å². The molecule has 2 aromatic rings. The van der Waals surface area contributed by atoms with E-state index in [-0.39, 0.29) is 12.5 Å². The largest absolute Gasteiger partial charge is 0.508 e. The van der Waals surface area contributed by atoms with Crippen molar-refractivity contribution in [1.82, 2.24) is 0 Å². The number of rotatable bonds is 2. The molecule has 0 unspecified atom stereocenters. The summed E-state index contributed by atoms with van der Waals surface area (Å²) in [6, 6.07) is 11.0. The number of phenols is 1. The van der Waals surface area contributed by atoms with Crippen molar-refractivity contribution in [3.8, 4) is 28.4 Å². The Morgan fingerprint density at radius 2 is 1.74 bits per heavy atom. The van der Waals surface area contributed by atoms with Crippen LogP contribution in [-0.4, -0.2) is 11.9 Å². The first-order chi connectivity index (χ1) is 9.15. The van der Waals surface area contributed by atoms with Crippen molar-refractivity contribution in [2.75, 3.05) is 6.79 Å². The summed E-state index contributed by atoms with van der Waals surface area (Å²) in [6.45, 7) is 6.22. The highest BCUT2D eigenvalue weighted by Crippen LogP contribution is 2.41. The first-order valence-electron chi connectivity index (χ1n) is 6.04. The lowest BCUT2D eigenvalue weighted by Crippen LogP contribution is -1.92. The molecule has 1 aliphatic rings. The van der Waals surface area contributed by atoms with Crippen molar-refractivity contribution in [1.29, 1.82) is 0 Å². The molecule has 1 N–H and O–H groups in total. The third kappa shape index (κ3) is 2.03. The number of allylic oxidation sites excluding steroid dienone is 1. The molecule has 0 radical (unpaired) electrons. The van der Waals surface area contributed by atoms with E-state index in [0.717, 1.165) is 33.8 Å².